The summed E-state index contributed by atoms with van der Waals surface area (Å²) in [5, 5.41) is 13.8. The Morgan fingerprint density at radius 2 is 1.75 bits per heavy atom. The van der Waals surface area contributed by atoms with Gasteiger partial charge in [0.25, 0.3) is 0 Å². The predicted molar refractivity (Wildman–Crippen MR) is 109 cm³/mol. The van der Waals surface area contributed by atoms with Crippen molar-refractivity contribution in [2.75, 3.05) is 14.2 Å². The molecular weight excluding hydrogens is 381 g/mol. The lowest BCUT2D eigenvalue weighted by molar-refractivity contribution is 0.0758. The van der Waals surface area contributed by atoms with Gasteiger partial charge in [-0.1, -0.05) is 6.42 Å². The van der Waals surface area contributed by atoms with Crippen molar-refractivity contribution in [1.82, 2.24) is 4.98 Å². The van der Waals surface area contributed by atoms with E-state index in [1.165, 1.54) is 12.3 Å². The van der Waals surface area contributed by atoms with Crippen LogP contribution in [-0.2, 0) is 6.42 Å². The summed E-state index contributed by atoms with van der Waals surface area (Å²) < 4.78 is 25.0. The highest BCUT2D eigenvalue weighted by atomic mass is 35.5. The van der Waals surface area contributed by atoms with Gasteiger partial charge in [0.2, 0.25) is 0 Å². The third-order valence-electron chi connectivity index (χ3n) is 6.46. The van der Waals surface area contributed by atoms with Crippen molar-refractivity contribution in [3.05, 3.63) is 41.3 Å². The molecule has 2 aliphatic rings. The Balaban J connectivity index is 0.00000192. The van der Waals surface area contributed by atoms with Crippen LogP contribution in [0.5, 0.6) is 11.5 Å². The quantitative estimate of drug-likeness (QED) is 0.613. The minimum atomic E-state index is -0.556. The smallest absolute Gasteiger partial charge is 0.161 e. The Morgan fingerprint density at radius 3 is 2.46 bits per heavy atom. The minimum Gasteiger partial charge on any atom is -0.493 e. The summed E-state index contributed by atoms with van der Waals surface area (Å²) >= 11 is 0. The van der Waals surface area contributed by atoms with Crippen LogP contribution in [0.15, 0.2) is 24.4 Å². The van der Waals surface area contributed by atoms with E-state index in [0.717, 1.165) is 47.6 Å². The molecule has 5 rings (SSSR count). The lowest BCUT2D eigenvalue weighted by atomic mass is 9.73. The van der Waals surface area contributed by atoms with E-state index in [1.54, 1.807) is 14.2 Å². The number of aromatic nitrogens is 1. The van der Waals surface area contributed by atoms with Gasteiger partial charge in [0, 0.05) is 10.9 Å². The molecule has 3 atom stereocenters. The predicted octanol–water partition coefficient (Wildman–Crippen LogP) is 4.97. The molecule has 1 aromatic heterocycles. The molecule has 2 aromatic carbocycles. The molecule has 0 aliphatic heterocycles. The van der Waals surface area contributed by atoms with Gasteiger partial charge in [0.15, 0.2) is 11.5 Å². The van der Waals surface area contributed by atoms with Crippen LogP contribution in [0.3, 0.4) is 0 Å². The highest BCUT2D eigenvalue weighted by molar-refractivity contribution is 6.10. The number of benzene rings is 2. The van der Waals surface area contributed by atoms with E-state index in [1.807, 2.05) is 12.1 Å². The summed E-state index contributed by atoms with van der Waals surface area (Å²) in [4.78, 5) is 4.40. The van der Waals surface area contributed by atoms with Gasteiger partial charge in [-0.2, -0.15) is 0 Å². The average Bonchev–Trinajstić information content (AvgIpc) is 3.16. The summed E-state index contributed by atoms with van der Waals surface area (Å²) in [7, 11) is 3.20. The summed E-state index contributed by atoms with van der Waals surface area (Å²) in [6.07, 6.45) is 4.93. The van der Waals surface area contributed by atoms with Gasteiger partial charge in [0.05, 0.1) is 32.0 Å². The van der Waals surface area contributed by atoms with Gasteiger partial charge in [-0.15, -0.1) is 12.4 Å². The zero-order chi connectivity index (χ0) is 18.7. The number of aliphatic hydroxyl groups excluding tert-OH is 1. The van der Waals surface area contributed by atoms with E-state index in [-0.39, 0.29) is 24.1 Å². The minimum absolute atomic E-state index is 0. The van der Waals surface area contributed by atoms with Crippen molar-refractivity contribution >= 4 is 34.1 Å². The zero-order valence-electron chi connectivity index (χ0n) is 15.9. The van der Waals surface area contributed by atoms with Crippen molar-refractivity contribution in [1.29, 1.82) is 0 Å². The van der Waals surface area contributed by atoms with Gasteiger partial charge in [0.1, 0.15) is 5.82 Å². The van der Waals surface area contributed by atoms with E-state index < -0.39 is 6.10 Å². The third kappa shape index (κ3) is 2.64. The first-order valence-corrected chi connectivity index (χ1v) is 9.46. The Kier molecular flexibility index (Phi) is 4.84. The Labute approximate surface area is 169 Å². The number of fused-ring (bicyclic) bond motifs is 7. The molecule has 28 heavy (non-hydrogen) atoms. The van der Waals surface area contributed by atoms with Crippen molar-refractivity contribution in [3.63, 3.8) is 0 Å². The highest BCUT2D eigenvalue weighted by Gasteiger charge is 2.40. The molecule has 2 aliphatic carbocycles. The third-order valence-corrected chi connectivity index (χ3v) is 6.46. The maximum atomic E-state index is 14.1. The number of hydrogen-bond donors (Lipinski definition) is 1. The van der Waals surface area contributed by atoms with E-state index in [0.29, 0.717) is 28.3 Å². The van der Waals surface area contributed by atoms with Crippen LogP contribution in [0.25, 0.3) is 21.7 Å². The lowest BCUT2D eigenvalue weighted by Gasteiger charge is -2.34. The molecule has 0 bridgehead atoms. The van der Waals surface area contributed by atoms with Crippen LogP contribution in [0, 0.1) is 17.7 Å². The van der Waals surface area contributed by atoms with Gasteiger partial charge in [-0.3, -0.25) is 4.98 Å². The normalized spacial score (nSPS) is 23.2. The molecule has 1 heterocycles. The first-order chi connectivity index (χ1) is 13.1. The number of pyridine rings is 1. The molecule has 6 heteroatoms. The SMILES string of the molecule is COc1cc2c3c(c4ncc(F)cc4c2cc1OC)[C@@H](O)[C@H]1CCCC1C3.Cl. The fourth-order valence-corrected chi connectivity index (χ4v) is 5.25. The number of rotatable bonds is 2. The summed E-state index contributed by atoms with van der Waals surface area (Å²) in [6.45, 7) is 0. The second kappa shape index (κ2) is 7.05. The molecule has 1 saturated carbocycles. The molecule has 0 saturated heterocycles. The van der Waals surface area contributed by atoms with Crippen molar-refractivity contribution < 1.29 is 19.0 Å². The summed E-state index contributed by atoms with van der Waals surface area (Å²) in [5.74, 6) is 1.61. The number of nitrogens with zero attached hydrogens (tertiary/aromatic N) is 1. The largest absolute Gasteiger partial charge is 0.493 e. The van der Waals surface area contributed by atoms with Crippen LogP contribution in [0.1, 0.15) is 36.5 Å². The monoisotopic (exact) mass is 403 g/mol. The highest BCUT2D eigenvalue weighted by Crippen LogP contribution is 2.51. The maximum absolute atomic E-state index is 14.1. The van der Waals surface area contributed by atoms with Gasteiger partial charge in [-0.25, -0.2) is 4.39 Å². The summed E-state index contributed by atoms with van der Waals surface area (Å²) in [5.41, 5.74) is 2.69. The number of ether oxygens (including phenoxy) is 2. The van der Waals surface area contributed by atoms with E-state index >= 15 is 0 Å². The van der Waals surface area contributed by atoms with E-state index in [2.05, 4.69) is 4.98 Å². The molecule has 0 spiro atoms. The molecule has 1 fully saturated rings. The number of aliphatic hydroxyl groups is 1. The van der Waals surface area contributed by atoms with Gasteiger partial charge < -0.3 is 14.6 Å². The second-order valence-corrected chi connectivity index (χ2v) is 7.70. The van der Waals surface area contributed by atoms with Crippen LogP contribution in [-0.4, -0.2) is 24.3 Å². The number of hydrogen-bond acceptors (Lipinski definition) is 4. The zero-order valence-corrected chi connectivity index (χ0v) is 16.7. The van der Waals surface area contributed by atoms with Crippen LogP contribution < -0.4 is 9.47 Å². The molecule has 1 unspecified atom stereocenters. The van der Waals surface area contributed by atoms with Crippen LogP contribution >= 0.6 is 12.4 Å². The second-order valence-electron chi connectivity index (χ2n) is 7.70. The van der Waals surface area contributed by atoms with E-state index in [4.69, 9.17) is 9.47 Å². The first-order valence-electron chi connectivity index (χ1n) is 9.46. The van der Waals surface area contributed by atoms with Crippen LogP contribution in [0.2, 0.25) is 0 Å². The Morgan fingerprint density at radius 1 is 1.04 bits per heavy atom. The maximum Gasteiger partial charge on any atom is 0.161 e. The summed E-state index contributed by atoms with van der Waals surface area (Å²) in [6, 6.07) is 5.36. The molecule has 0 amide bonds. The fraction of sp³-hybridized carbons (Fsp3) is 0.409. The van der Waals surface area contributed by atoms with Crippen molar-refractivity contribution in [2.45, 2.75) is 31.8 Å². The fourth-order valence-electron chi connectivity index (χ4n) is 5.25. The Bertz CT molecular complexity index is 1070. The van der Waals surface area contributed by atoms with Gasteiger partial charge in [-0.05, 0) is 65.6 Å². The Hall–Kier alpha value is -2.11. The van der Waals surface area contributed by atoms with Gasteiger partial charge >= 0.3 is 0 Å². The first kappa shape index (κ1) is 19.2. The molecule has 0 radical (unpaired) electrons. The standard InChI is InChI=1S/C22H22FNO3.ClH/c1-26-18-8-14-15(9-19(18)27-2)17-7-12(23)10-24-21(17)20-16(14)6-11-4-3-5-13(11)22(20)25;/h7-11,13,22,25H,3-6H2,1-2H3;1H/t11?,13-,22-;/m0./s1. The molecule has 148 valence electrons. The molecular formula is C22H23ClFNO3. The van der Waals surface area contributed by atoms with Crippen LogP contribution in [0.4, 0.5) is 4.39 Å². The topological polar surface area (TPSA) is 51.6 Å². The molecule has 1 N–H and O–H groups in total. The molecule has 3 aromatic rings. The number of methoxy groups -OCH3 is 2. The van der Waals surface area contributed by atoms with Crippen molar-refractivity contribution in [3.8, 4) is 11.5 Å². The molecule has 4 nitrogen and oxygen atoms in total. The van der Waals surface area contributed by atoms with Crippen molar-refractivity contribution in [2.24, 2.45) is 11.8 Å². The lowest BCUT2D eigenvalue weighted by Crippen LogP contribution is -2.26. The number of halogens is 2. The van der Waals surface area contributed by atoms with E-state index in [9.17, 15) is 9.50 Å². The average molecular weight is 404 g/mol.